The van der Waals surface area contributed by atoms with Gasteiger partial charge in [0, 0.05) is 13.1 Å². The number of aromatic nitrogens is 2. The predicted octanol–water partition coefficient (Wildman–Crippen LogP) is 3.63. The Hall–Kier alpha value is -2.80. The van der Waals surface area contributed by atoms with Gasteiger partial charge in [0.2, 0.25) is 5.91 Å². The van der Waals surface area contributed by atoms with E-state index >= 15 is 0 Å². The Labute approximate surface area is 167 Å². The monoisotopic (exact) mass is 395 g/mol. The van der Waals surface area contributed by atoms with E-state index in [1.165, 1.54) is 28.5 Å². The molecule has 0 unspecified atom stereocenters. The molecule has 0 saturated carbocycles. The van der Waals surface area contributed by atoms with Crippen LogP contribution in [0.3, 0.4) is 0 Å². The highest BCUT2D eigenvalue weighted by Crippen LogP contribution is 2.22. The molecule has 0 N–H and O–H groups in total. The Kier molecular flexibility index (Phi) is 5.62. The molecule has 0 bridgehead atoms. The number of benzene rings is 2. The number of aryl methyl sites for hydroxylation is 1. The zero-order chi connectivity index (χ0) is 19.3. The van der Waals surface area contributed by atoms with Crippen molar-refractivity contribution in [2.45, 2.75) is 31.7 Å². The van der Waals surface area contributed by atoms with Crippen molar-refractivity contribution in [2.75, 3.05) is 12.3 Å². The third-order valence-electron chi connectivity index (χ3n) is 4.63. The first-order chi connectivity index (χ1) is 13.7. The summed E-state index contributed by atoms with van der Waals surface area (Å²) in [6.45, 7) is 3.63. The van der Waals surface area contributed by atoms with Crippen molar-refractivity contribution in [3.05, 3.63) is 71.1 Å². The number of carbonyl (C=O) groups is 1. The number of hydrogen-bond donors (Lipinski definition) is 0. The first-order valence-corrected chi connectivity index (χ1v) is 10.1. The lowest BCUT2D eigenvalue weighted by molar-refractivity contribution is -0.129. The van der Waals surface area contributed by atoms with E-state index in [0.717, 1.165) is 18.7 Å². The van der Waals surface area contributed by atoms with Crippen LogP contribution in [0.1, 0.15) is 22.6 Å². The molecule has 0 spiro atoms. The summed E-state index contributed by atoms with van der Waals surface area (Å²) in [7, 11) is 0. The van der Waals surface area contributed by atoms with E-state index in [9.17, 15) is 4.79 Å². The molecule has 1 amide bonds. The van der Waals surface area contributed by atoms with Gasteiger partial charge in [-0.1, -0.05) is 53.7 Å². The summed E-state index contributed by atoms with van der Waals surface area (Å²) in [5.74, 6) is 1.50. The number of thioether (sulfide) groups is 1. The summed E-state index contributed by atoms with van der Waals surface area (Å²) in [4.78, 5) is 14.4. The van der Waals surface area contributed by atoms with Crippen LogP contribution < -0.4 is 4.74 Å². The van der Waals surface area contributed by atoms with E-state index in [-0.39, 0.29) is 18.3 Å². The molecule has 1 aliphatic heterocycles. The molecule has 7 heteroatoms. The lowest BCUT2D eigenvalue weighted by Gasteiger charge is -2.28. The van der Waals surface area contributed by atoms with Gasteiger partial charge in [-0.25, -0.2) is 0 Å². The highest BCUT2D eigenvalue weighted by molar-refractivity contribution is 7.99. The van der Waals surface area contributed by atoms with Gasteiger partial charge in [0.05, 0.1) is 5.75 Å². The van der Waals surface area contributed by atoms with E-state index in [2.05, 4.69) is 22.3 Å². The molecule has 2 heterocycles. The van der Waals surface area contributed by atoms with Crippen LogP contribution in [0.25, 0.3) is 0 Å². The highest BCUT2D eigenvalue weighted by Gasteiger charge is 2.21. The molecule has 0 fully saturated rings. The van der Waals surface area contributed by atoms with Gasteiger partial charge in [0.15, 0.2) is 6.61 Å². The normalized spacial score (nSPS) is 13.2. The summed E-state index contributed by atoms with van der Waals surface area (Å²) in [5, 5.41) is 8.36. The summed E-state index contributed by atoms with van der Waals surface area (Å²) in [5.41, 5.74) is 3.72. The first-order valence-electron chi connectivity index (χ1n) is 9.16. The minimum atomic E-state index is 0.0789. The molecule has 28 heavy (non-hydrogen) atoms. The van der Waals surface area contributed by atoms with Crippen LogP contribution in [0.5, 0.6) is 5.75 Å². The zero-order valence-electron chi connectivity index (χ0n) is 15.6. The van der Waals surface area contributed by atoms with Crippen LogP contribution in [0.4, 0.5) is 0 Å². The number of hydrogen-bond acceptors (Lipinski definition) is 6. The van der Waals surface area contributed by atoms with Crippen LogP contribution >= 0.6 is 11.8 Å². The number of carbonyl (C=O) groups excluding carboxylic acids is 1. The molecule has 0 aliphatic carbocycles. The van der Waals surface area contributed by atoms with Crippen LogP contribution in [0.15, 0.2) is 58.2 Å². The number of rotatable bonds is 6. The second kappa shape index (κ2) is 8.48. The van der Waals surface area contributed by atoms with Crippen LogP contribution in [-0.2, 0) is 24.4 Å². The molecule has 4 rings (SSSR count). The number of ether oxygens (including phenoxy) is 1. The Morgan fingerprint density at radius 1 is 1.14 bits per heavy atom. The van der Waals surface area contributed by atoms with Gasteiger partial charge in [-0.15, -0.1) is 10.2 Å². The van der Waals surface area contributed by atoms with Gasteiger partial charge < -0.3 is 14.1 Å². The maximum Gasteiger partial charge on any atom is 0.277 e. The third kappa shape index (κ3) is 4.54. The molecule has 0 radical (unpaired) electrons. The lowest BCUT2D eigenvalue weighted by atomic mass is 10.00. The Morgan fingerprint density at radius 2 is 1.93 bits per heavy atom. The first kappa shape index (κ1) is 18.6. The van der Waals surface area contributed by atoms with E-state index in [0.29, 0.717) is 17.7 Å². The summed E-state index contributed by atoms with van der Waals surface area (Å²) < 4.78 is 11.2. The fraction of sp³-hybridized carbons (Fsp3) is 0.286. The molecular formula is C21H21N3O3S. The molecule has 3 aromatic rings. The third-order valence-corrected chi connectivity index (χ3v) is 5.44. The molecule has 6 nitrogen and oxygen atoms in total. The van der Waals surface area contributed by atoms with Crippen LogP contribution in [-0.4, -0.2) is 33.3 Å². The average molecular weight is 395 g/mol. The summed E-state index contributed by atoms with van der Waals surface area (Å²) in [6, 6.07) is 16.0. The molecule has 2 aromatic carbocycles. The Bertz CT molecular complexity index is 956. The van der Waals surface area contributed by atoms with Crippen LogP contribution in [0.2, 0.25) is 0 Å². The maximum absolute atomic E-state index is 12.5. The lowest BCUT2D eigenvalue weighted by Crippen LogP contribution is -2.37. The van der Waals surface area contributed by atoms with Crippen LogP contribution in [0, 0.1) is 6.92 Å². The minimum absolute atomic E-state index is 0.0789. The number of nitrogens with zero attached hydrogens (tertiary/aromatic N) is 3. The molecular weight excluding hydrogens is 374 g/mol. The Morgan fingerprint density at radius 3 is 2.75 bits per heavy atom. The van der Waals surface area contributed by atoms with Crippen molar-refractivity contribution in [1.29, 1.82) is 0 Å². The van der Waals surface area contributed by atoms with Gasteiger partial charge in [-0.3, -0.25) is 4.79 Å². The second-order valence-corrected chi connectivity index (χ2v) is 7.61. The fourth-order valence-electron chi connectivity index (χ4n) is 3.06. The fourth-order valence-corrected chi connectivity index (χ4v) is 3.74. The van der Waals surface area contributed by atoms with Crippen molar-refractivity contribution in [3.63, 3.8) is 0 Å². The smallest absolute Gasteiger partial charge is 0.277 e. The molecule has 0 saturated heterocycles. The molecule has 1 aliphatic rings. The quantitative estimate of drug-likeness (QED) is 0.594. The number of fused-ring (bicyclic) bond motifs is 1. The van der Waals surface area contributed by atoms with Gasteiger partial charge in [0.1, 0.15) is 5.75 Å². The van der Waals surface area contributed by atoms with E-state index in [1.54, 1.807) is 0 Å². The Balaban J connectivity index is 1.26. The van der Waals surface area contributed by atoms with Gasteiger partial charge >= 0.3 is 0 Å². The topological polar surface area (TPSA) is 68.5 Å². The largest absolute Gasteiger partial charge is 0.484 e. The predicted molar refractivity (Wildman–Crippen MR) is 106 cm³/mol. The van der Waals surface area contributed by atoms with E-state index in [4.69, 9.17) is 9.15 Å². The van der Waals surface area contributed by atoms with E-state index < -0.39 is 0 Å². The van der Waals surface area contributed by atoms with Crippen molar-refractivity contribution in [2.24, 2.45) is 0 Å². The molecule has 0 atom stereocenters. The van der Waals surface area contributed by atoms with Crippen molar-refractivity contribution in [1.82, 2.24) is 15.1 Å². The molecule has 1 aromatic heterocycles. The maximum atomic E-state index is 12.5. The molecule has 144 valence electrons. The van der Waals surface area contributed by atoms with Crippen molar-refractivity contribution >= 4 is 17.7 Å². The van der Waals surface area contributed by atoms with Crippen molar-refractivity contribution in [3.8, 4) is 5.75 Å². The van der Waals surface area contributed by atoms with Gasteiger partial charge in [-0.2, -0.15) is 0 Å². The van der Waals surface area contributed by atoms with Gasteiger partial charge in [-0.05, 0) is 36.6 Å². The number of amides is 1. The minimum Gasteiger partial charge on any atom is -0.484 e. The summed E-state index contributed by atoms with van der Waals surface area (Å²) >= 11 is 1.26. The zero-order valence-corrected chi connectivity index (χ0v) is 16.4. The van der Waals surface area contributed by atoms with E-state index in [1.807, 2.05) is 48.2 Å². The highest BCUT2D eigenvalue weighted by atomic mass is 32.2. The standard InChI is InChI=1S/C21H21N3O3S/c1-15-6-8-18(9-7-15)26-13-19-22-23-21(27-19)28-14-20(25)24-11-10-16-4-2-3-5-17(16)12-24/h2-9H,10-14H2,1H3. The summed E-state index contributed by atoms with van der Waals surface area (Å²) in [6.07, 6.45) is 0.896. The van der Waals surface area contributed by atoms with Crippen molar-refractivity contribution < 1.29 is 13.9 Å². The van der Waals surface area contributed by atoms with Gasteiger partial charge in [0.25, 0.3) is 11.1 Å². The second-order valence-electron chi connectivity index (χ2n) is 6.69. The average Bonchev–Trinajstić information content (AvgIpc) is 3.19. The SMILES string of the molecule is Cc1ccc(OCc2nnc(SCC(=O)N3CCc4ccccc4C3)o2)cc1.